The number of benzene rings is 1. The summed E-state index contributed by atoms with van der Waals surface area (Å²) in [5, 5.41) is 21.9. The van der Waals surface area contributed by atoms with Crippen LogP contribution in [0.15, 0.2) is 45.8 Å². The minimum Gasteiger partial charge on any atom is -0.390 e. The summed E-state index contributed by atoms with van der Waals surface area (Å²) in [6, 6.07) is 6.29. The minimum atomic E-state index is -1.22. The van der Waals surface area contributed by atoms with Crippen molar-refractivity contribution in [1.82, 2.24) is 4.57 Å². The average molecular weight is 407 g/mol. The van der Waals surface area contributed by atoms with Gasteiger partial charge in [-0.2, -0.15) is 0 Å². The number of halogens is 1. The summed E-state index contributed by atoms with van der Waals surface area (Å²) in [5.41, 5.74) is -1.06. The molecule has 25 heavy (non-hydrogen) atoms. The maximum atomic E-state index is 12.7. The van der Waals surface area contributed by atoms with Crippen LogP contribution in [0, 0.1) is 15.5 Å². The van der Waals surface area contributed by atoms with E-state index in [0.717, 1.165) is 22.9 Å². The zero-order valence-corrected chi connectivity index (χ0v) is 15.1. The van der Waals surface area contributed by atoms with Crippen LogP contribution in [0.2, 0.25) is 0 Å². The third-order valence-corrected chi connectivity index (χ3v) is 5.13. The van der Waals surface area contributed by atoms with Crippen molar-refractivity contribution in [3.63, 3.8) is 0 Å². The highest BCUT2D eigenvalue weighted by atomic mass is 79.9. The van der Waals surface area contributed by atoms with E-state index in [9.17, 15) is 24.8 Å². The van der Waals surface area contributed by atoms with Gasteiger partial charge >= 0.3 is 0 Å². The van der Waals surface area contributed by atoms with E-state index in [4.69, 9.17) is 0 Å². The summed E-state index contributed by atoms with van der Waals surface area (Å²) in [6.45, 7) is 3.20. The van der Waals surface area contributed by atoms with E-state index in [1.807, 2.05) is 0 Å². The molecule has 7 nitrogen and oxygen atoms in total. The molecule has 2 atom stereocenters. The van der Waals surface area contributed by atoms with Crippen LogP contribution in [0.25, 0.3) is 0 Å². The second-order valence-corrected chi connectivity index (χ2v) is 7.48. The van der Waals surface area contributed by atoms with Crippen molar-refractivity contribution in [3.05, 3.63) is 72.6 Å². The molecule has 0 amide bonds. The topological polar surface area (TPSA) is 102 Å². The van der Waals surface area contributed by atoms with Crippen molar-refractivity contribution >= 4 is 27.4 Å². The largest absolute Gasteiger partial charge is 0.390 e. The Labute approximate surface area is 151 Å². The summed E-state index contributed by atoms with van der Waals surface area (Å²) < 4.78 is 1.80. The zero-order valence-electron chi connectivity index (χ0n) is 13.5. The van der Waals surface area contributed by atoms with E-state index in [-0.39, 0.29) is 11.5 Å². The Morgan fingerprint density at radius 1 is 1.24 bits per heavy atom. The number of Topliss-reactive ketones (excluding diaryl/α,β-unsaturated/α-hetero) is 1. The Morgan fingerprint density at radius 2 is 1.92 bits per heavy atom. The predicted octanol–water partition coefficient (Wildman–Crippen LogP) is 2.69. The Balaban J connectivity index is 2.32. The van der Waals surface area contributed by atoms with Gasteiger partial charge in [-0.1, -0.05) is 15.9 Å². The number of aliphatic hydroxyl groups excluding tert-OH is 1. The van der Waals surface area contributed by atoms with Gasteiger partial charge in [0.25, 0.3) is 11.2 Å². The highest BCUT2D eigenvalue weighted by Crippen LogP contribution is 2.43. The first-order valence-corrected chi connectivity index (χ1v) is 8.33. The molecule has 1 aromatic heterocycles. The molecular formula is C17H15BrN2O5. The number of pyridine rings is 1. The third kappa shape index (κ3) is 2.71. The first kappa shape index (κ1) is 17.5. The van der Waals surface area contributed by atoms with Gasteiger partial charge in [0.15, 0.2) is 5.78 Å². The van der Waals surface area contributed by atoms with Gasteiger partial charge in [0.05, 0.1) is 28.7 Å². The summed E-state index contributed by atoms with van der Waals surface area (Å²) in [4.78, 5) is 35.6. The first-order valence-electron chi connectivity index (χ1n) is 7.53. The minimum absolute atomic E-state index is 0.239. The van der Waals surface area contributed by atoms with E-state index in [1.165, 1.54) is 0 Å². The van der Waals surface area contributed by atoms with Crippen LogP contribution in [0.1, 0.15) is 35.8 Å². The highest BCUT2D eigenvalue weighted by molar-refractivity contribution is 9.10. The predicted molar refractivity (Wildman–Crippen MR) is 93.8 cm³/mol. The van der Waals surface area contributed by atoms with Gasteiger partial charge in [-0.05, 0) is 37.6 Å². The van der Waals surface area contributed by atoms with E-state index in [1.54, 1.807) is 32.0 Å². The van der Waals surface area contributed by atoms with Gasteiger partial charge in [-0.25, -0.2) is 0 Å². The van der Waals surface area contributed by atoms with Crippen molar-refractivity contribution < 1.29 is 14.8 Å². The number of hydrogen-bond acceptors (Lipinski definition) is 5. The molecule has 0 aliphatic heterocycles. The van der Waals surface area contributed by atoms with Crippen LogP contribution in [-0.4, -0.2) is 26.5 Å². The molecule has 0 saturated heterocycles. The van der Waals surface area contributed by atoms with Crippen LogP contribution in [0.3, 0.4) is 0 Å². The lowest BCUT2D eigenvalue weighted by Gasteiger charge is -2.41. The normalized spacial score (nSPS) is 21.7. The molecule has 1 aliphatic carbocycles. The number of carbonyl (C=O) groups excluding carboxylic acids is 1. The molecule has 1 aromatic carbocycles. The standard InChI is InChI=1S/C17H15BrN2O5/c1-17(2)15(22)11-5-3-9(18)7-12(11)14(16(17)23)19-8-10(20(24)25)4-6-13(19)21/h3-8,14,16,23H,1-2H3/t14-,16+/m1/s1. The van der Waals surface area contributed by atoms with Crippen molar-refractivity contribution in [1.29, 1.82) is 0 Å². The van der Waals surface area contributed by atoms with Gasteiger partial charge in [0.1, 0.15) is 0 Å². The lowest BCUT2D eigenvalue weighted by molar-refractivity contribution is -0.385. The molecule has 0 fully saturated rings. The van der Waals surface area contributed by atoms with Crippen LogP contribution in [0.4, 0.5) is 5.69 Å². The molecule has 3 rings (SSSR count). The maximum absolute atomic E-state index is 12.7. The molecule has 1 N–H and O–H groups in total. The summed E-state index contributed by atoms with van der Waals surface area (Å²) >= 11 is 3.33. The number of fused-ring (bicyclic) bond motifs is 1. The molecule has 1 aliphatic rings. The molecule has 0 spiro atoms. The van der Waals surface area contributed by atoms with E-state index in [0.29, 0.717) is 15.6 Å². The fourth-order valence-corrected chi connectivity index (χ4v) is 3.53. The Kier molecular flexibility index (Phi) is 4.12. The molecule has 8 heteroatoms. The molecule has 0 unspecified atom stereocenters. The quantitative estimate of drug-likeness (QED) is 0.609. The van der Waals surface area contributed by atoms with Crippen molar-refractivity contribution in [3.8, 4) is 0 Å². The fraction of sp³-hybridized carbons (Fsp3) is 0.294. The SMILES string of the molecule is CC1(C)C(=O)c2ccc(Br)cc2[C@@H](n2cc([N+](=O)[O-])ccc2=O)[C@@H]1O. The second-order valence-electron chi connectivity index (χ2n) is 6.56. The molecule has 1 heterocycles. The average Bonchev–Trinajstić information content (AvgIpc) is 2.55. The third-order valence-electron chi connectivity index (χ3n) is 4.63. The molecule has 0 saturated carbocycles. The van der Waals surface area contributed by atoms with Gasteiger partial charge in [0, 0.05) is 22.2 Å². The number of carbonyl (C=O) groups is 1. The number of nitrogens with zero attached hydrogens (tertiary/aromatic N) is 2. The van der Waals surface area contributed by atoms with Gasteiger partial charge in [-0.3, -0.25) is 24.3 Å². The fourth-order valence-electron chi connectivity index (χ4n) is 3.15. The lowest BCUT2D eigenvalue weighted by Crippen LogP contribution is -2.49. The van der Waals surface area contributed by atoms with Gasteiger partial charge < -0.3 is 5.11 Å². The van der Waals surface area contributed by atoms with Crippen molar-refractivity contribution in [2.24, 2.45) is 5.41 Å². The Morgan fingerprint density at radius 3 is 2.56 bits per heavy atom. The first-order chi connectivity index (χ1) is 11.6. The Bertz CT molecular complexity index is 950. The van der Waals surface area contributed by atoms with Crippen molar-refractivity contribution in [2.75, 3.05) is 0 Å². The number of hydrogen-bond donors (Lipinski definition) is 1. The van der Waals surface area contributed by atoms with E-state index < -0.39 is 28.0 Å². The Hall–Kier alpha value is -2.32. The smallest absolute Gasteiger partial charge is 0.285 e. The maximum Gasteiger partial charge on any atom is 0.285 e. The lowest BCUT2D eigenvalue weighted by atomic mass is 9.68. The molecule has 0 radical (unpaired) electrons. The highest BCUT2D eigenvalue weighted by Gasteiger charge is 2.48. The van der Waals surface area contributed by atoms with Crippen LogP contribution in [-0.2, 0) is 0 Å². The van der Waals surface area contributed by atoms with Gasteiger partial charge in [-0.15, -0.1) is 0 Å². The molecule has 0 bridgehead atoms. The number of ketones is 1. The monoisotopic (exact) mass is 406 g/mol. The number of nitro groups is 1. The van der Waals surface area contributed by atoms with E-state index >= 15 is 0 Å². The molecular weight excluding hydrogens is 392 g/mol. The molecule has 2 aromatic rings. The number of rotatable bonds is 2. The van der Waals surface area contributed by atoms with E-state index in [2.05, 4.69) is 15.9 Å². The van der Waals surface area contributed by atoms with Crippen LogP contribution >= 0.6 is 15.9 Å². The zero-order chi connectivity index (χ0) is 18.5. The van der Waals surface area contributed by atoms with Gasteiger partial charge in [0.2, 0.25) is 0 Å². The van der Waals surface area contributed by atoms with Crippen LogP contribution < -0.4 is 5.56 Å². The summed E-state index contributed by atoms with van der Waals surface area (Å²) in [6.07, 6.45) is -0.117. The number of aromatic nitrogens is 1. The summed E-state index contributed by atoms with van der Waals surface area (Å²) in [7, 11) is 0. The van der Waals surface area contributed by atoms with Crippen molar-refractivity contribution in [2.45, 2.75) is 26.0 Å². The number of aliphatic hydroxyl groups is 1. The summed E-state index contributed by atoms with van der Waals surface area (Å²) in [5.74, 6) is -0.239. The van der Waals surface area contributed by atoms with Crippen LogP contribution in [0.5, 0.6) is 0 Å². The second kappa shape index (κ2) is 5.89. The molecule has 130 valence electrons.